The molecule has 1 amide bonds. The summed E-state index contributed by atoms with van der Waals surface area (Å²) in [5.74, 6) is 0.0289. The van der Waals surface area contributed by atoms with Gasteiger partial charge in [0.2, 0.25) is 0 Å². The van der Waals surface area contributed by atoms with Crippen LogP contribution >= 0.6 is 22.7 Å². The average molecular weight is 456 g/mol. The molecule has 0 fully saturated rings. The summed E-state index contributed by atoms with van der Waals surface area (Å²) in [5.41, 5.74) is 2.71. The summed E-state index contributed by atoms with van der Waals surface area (Å²) in [4.78, 5) is 37.5. The maximum absolute atomic E-state index is 12.6. The second-order valence-electron chi connectivity index (χ2n) is 8.49. The monoisotopic (exact) mass is 455 g/mol. The lowest BCUT2D eigenvalue weighted by atomic mass is 10.0. The third-order valence-electron chi connectivity index (χ3n) is 5.01. The molecule has 1 aliphatic heterocycles. The van der Waals surface area contributed by atoms with E-state index in [1.54, 1.807) is 40.0 Å². The van der Waals surface area contributed by atoms with E-state index >= 15 is 0 Å². The summed E-state index contributed by atoms with van der Waals surface area (Å²) in [6.45, 7) is 10.3. The van der Waals surface area contributed by atoms with Crippen molar-refractivity contribution in [1.29, 1.82) is 0 Å². The number of allylic oxidation sites excluding steroid dienone is 1. The van der Waals surface area contributed by atoms with Gasteiger partial charge in [-0.25, -0.2) is 9.78 Å². The first-order valence-corrected chi connectivity index (χ1v) is 11.9. The van der Waals surface area contributed by atoms with Gasteiger partial charge in [-0.3, -0.25) is 9.78 Å². The number of ketones is 1. The number of nitrogens with zero attached hydrogens (tertiary/aromatic N) is 3. The Morgan fingerprint density at radius 2 is 2.13 bits per heavy atom. The molecule has 0 aromatic carbocycles. The summed E-state index contributed by atoms with van der Waals surface area (Å²) in [7, 11) is 0. The minimum atomic E-state index is -0.525. The SMILES string of the molecule is C=CC(=O)CCc1sc2c(c1-c1nc3cnccc3s1)CCN(C(=O)OC(C)(C)C)C2. The van der Waals surface area contributed by atoms with Gasteiger partial charge in [0.25, 0.3) is 0 Å². The maximum Gasteiger partial charge on any atom is 0.410 e. The number of pyridine rings is 1. The van der Waals surface area contributed by atoms with Crippen molar-refractivity contribution in [2.24, 2.45) is 0 Å². The van der Waals surface area contributed by atoms with Gasteiger partial charge >= 0.3 is 6.09 Å². The smallest absolute Gasteiger partial charge is 0.410 e. The van der Waals surface area contributed by atoms with Gasteiger partial charge in [0, 0.05) is 34.5 Å². The molecule has 1 aliphatic rings. The molecular weight excluding hydrogens is 430 g/mol. The predicted octanol–water partition coefficient (Wildman–Crippen LogP) is 5.40. The van der Waals surface area contributed by atoms with Crippen LogP contribution in [0.25, 0.3) is 20.8 Å². The summed E-state index contributed by atoms with van der Waals surface area (Å²) in [6.07, 6.45) is 6.43. The van der Waals surface area contributed by atoms with Crippen molar-refractivity contribution in [3.63, 3.8) is 0 Å². The molecule has 0 saturated heterocycles. The fourth-order valence-corrected chi connectivity index (χ4v) is 6.06. The lowest BCUT2D eigenvalue weighted by Crippen LogP contribution is -2.39. The summed E-state index contributed by atoms with van der Waals surface area (Å²) in [5, 5.41) is 0.951. The Morgan fingerprint density at radius 1 is 1.32 bits per heavy atom. The zero-order valence-electron chi connectivity index (χ0n) is 17.9. The summed E-state index contributed by atoms with van der Waals surface area (Å²) in [6, 6.07) is 1.97. The van der Waals surface area contributed by atoms with E-state index in [1.807, 2.05) is 26.8 Å². The molecule has 4 rings (SSSR count). The first-order chi connectivity index (χ1) is 14.7. The Hall–Kier alpha value is -2.58. The van der Waals surface area contributed by atoms with Gasteiger partial charge in [-0.05, 0) is 51.3 Å². The van der Waals surface area contributed by atoms with E-state index in [1.165, 1.54) is 11.6 Å². The third-order valence-corrected chi connectivity index (χ3v) is 7.34. The van der Waals surface area contributed by atoms with Crippen LogP contribution in [-0.2, 0) is 28.9 Å². The van der Waals surface area contributed by atoms with E-state index < -0.39 is 5.60 Å². The predicted molar refractivity (Wildman–Crippen MR) is 125 cm³/mol. The molecule has 0 unspecified atom stereocenters. The second-order valence-corrected chi connectivity index (χ2v) is 10.7. The van der Waals surface area contributed by atoms with Crippen LogP contribution in [0.2, 0.25) is 0 Å². The van der Waals surface area contributed by atoms with E-state index in [2.05, 4.69) is 11.6 Å². The molecule has 162 valence electrons. The van der Waals surface area contributed by atoms with E-state index in [-0.39, 0.29) is 11.9 Å². The van der Waals surface area contributed by atoms with Crippen LogP contribution < -0.4 is 0 Å². The van der Waals surface area contributed by atoms with E-state index in [0.29, 0.717) is 25.9 Å². The molecule has 0 spiro atoms. The van der Waals surface area contributed by atoms with Gasteiger partial charge in [-0.15, -0.1) is 22.7 Å². The van der Waals surface area contributed by atoms with Crippen LogP contribution in [0, 0.1) is 0 Å². The van der Waals surface area contributed by atoms with Gasteiger partial charge in [-0.1, -0.05) is 6.58 Å². The number of aromatic nitrogens is 2. The summed E-state index contributed by atoms with van der Waals surface area (Å²) < 4.78 is 6.65. The molecular formula is C23H25N3O3S2. The molecule has 3 aromatic rings. The molecule has 6 nitrogen and oxygen atoms in total. The Labute approximate surface area is 189 Å². The van der Waals surface area contributed by atoms with Crippen molar-refractivity contribution in [3.05, 3.63) is 46.4 Å². The first-order valence-electron chi connectivity index (χ1n) is 10.2. The van der Waals surface area contributed by atoms with E-state index in [9.17, 15) is 9.59 Å². The summed E-state index contributed by atoms with van der Waals surface area (Å²) >= 11 is 3.32. The number of rotatable bonds is 5. The fourth-order valence-electron chi connectivity index (χ4n) is 3.59. The van der Waals surface area contributed by atoms with E-state index in [0.717, 1.165) is 37.0 Å². The highest BCUT2D eigenvalue weighted by Crippen LogP contribution is 2.43. The normalized spacial score (nSPS) is 13.8. The van der Waals surface area contributed by atoms with Gasteiger partial charge in [0.15, 0.2) is 5.78 Å². The number of fused-ring (bicyclic) bond motifs is 2. The minimum Gasteiger partial charge on any atom is -0.444 e. The van der Waals surface area contributed by atoms with Crippen LogP contribution in [0.5, 0.6) is 0 Å². The Balaban J connectivity index is 1.70. The minimum absolute atomic E-state index is 0.0289. The van der Waals surface area contributed by atoms with Crippen molar-refractivity contribution in [2.75, 3.05) is 6.54 Å². The van der Waals surface area contributed by atoms with Crippen molar-refractivity contribution in [3.8, 4) is 10.6 Å². The highest BCUT2D eigenvalue weighted by Gasteiger charge is 2.30. The second kappa shape index (κ2) is 8.51. The highest BCUT2D eigenvalue weighted by molar-refractivity contribution is 7.22. The molecule has 0 bridgehead atoms. The van der Waals surface area contributed by atoms with E-state index in [4.69, 9.17) is 9.72 Å². The molecule has 3 aromatic heterocycles. The Morgan fingerprint density at radius 3 is 2.84 bits per heavy atom. The average Bonchev–Trinajstić information content (AvgIpc) is 3.30. The van der Waals surface area contributed by atoms with Crippen LogP contribution in [-0.4, -0.2) is 38.9 Å². The molecule has 31 heavy (non-hydrogen) atoms. The standard InChI is InChI=1S/C23H25N3O3S2/c1-5-14(27)6-7-18-20(21-25-16-12-24-10-8-17(16)31-21)15-9-11-26(13-19(15)30-18)22(28)29-23(2,3)4/h5,8,10,12H,1,6-7,9,11,13H2,2-4H3. The highest BCUT2D eigenvalue weighted by atomic mass is 32.1. The van der Waals surface area contributed by atoms with Crippen LogP contribution in [0.1, 0.15) is 42.5 Å². The van der Waals surface area contributed by atoms with Gasteiger partial charge in [-0.2, -0.15) is 0 Å². The number of thiazole rings is 1. The van der Waals surface area contributed by atoms with Crippen molar-refractivity contribution >= 4 is 44.8 Å². The number of ether oxygens (including phenoxy) is 1. The van der Waals surface area contributed by atoms with Crippen LogP contribution in [0.3, 0.4) is 0 Å². The van der Waals surface area contributed by atoms with Crippen LogP contribution in [0.15, 0.2) is 31.1 Å². The maximum atomic E-state index is 12.6. The number of hydrogen-bond donors (Lipinski definition) is 0. The van der Waals surface area contributed by atoms with Crippen molar-refractivity contribution < 1.29 is 14.3 Å². The molecule has 0 saturated carbocycles. The number of aryl methyl sites for hydroxylation is 1. The number of carbonyl (C=O) groups is 2. The third kappa shape index (κ3) is 4.70. The Bertz CT molecular complexity index is 1120. The van der Waals surface area contributed by atoms with Crippen molar-refractivity contribution in [2.45, 2.75) is 52.2 Å². The van der Waals surface area contributed by atoms with Gasteiger partial charge in [0.1, 0.15) is 16.1 Å². The lowest BCUT2D eigenvalue weighted by molar-refractivity contribution is -0.114. The lowest BCUT2D eigenvalue weighted by Gasteiger charge is -2.30. The number of carbonyl (C=O) groups excluding carboxylic acids is 2. The number of thiophene rings is 1. The van der Waals surface area contributed by atoms with Crippen LogP contribution in [0.4, 0.5) is 4.79 Å². The fraction of sp³-hybridized carbons (Fsp3) is 0.391. The molecule has 4 heterocycles. The molecule has 8 heteroatoms. The topological polar surface area (TPSA) is 72.4 Å². The zero-order valence-corrected chi connectivity index (χ0v) is 19.6. The molecule has 0 N–H and O–H groups in total. The first kappa shape index (κ1) is 21.6. The van der Waals surface area contributed by atoms with Gasteiger partial charge < -0.3 is 9.64 Å². The number of hydrogen-bond acceptors (Lipinski definition) is 7. The largest absolute Gasteiger partial charge is 0.444 e. The Kier molecular flexibility index (Phi) is 5.94. The molecule has 0 radical (unpaired) electrons. The molecule has 0 aliphatic carbocycles. The quantitative estimate of drug-likeness (QED) is 0.482. The number of amides is 1. The van der Waals surface area contributed by atoms with Crippen molar-refractivity contribution in [1.82, 2.24) is 14.9 Å². The molecule has 0 atom stereocenters. The van der Waals surface area contributed by atoms with Gasteiger partial charge in [0.05, 0.1) is 17.4 Å². The zero-order chi connectivity index (χ0) is 22.2.